The summed E-state index contributed by atoms with van der Waals surface area (Å²) in [6.07, 6.45) is 4.40. The van der Waals surface area contributed by atoms with Gasteiger partial charge in [-0.05, 0) is 6.07 Å². The van der Waals surface area contributed by atoms with Crippen molar-refractivity contribution in [1.29, 1.82) is 0 Å². The van der Waals surface area contributed by atoms with Crippen LogP contribution in [0.25, 0.3) is 0 Å². The molecular formula is C12H21N3O2. The summed E-state index contributed by atoms with van der Waals surface area (Å²) in [5.41, 5.74) is 7.07. The van der Waals surface area contributed by atoms with Crippen molar-refractivity contribution in [3.05, 3.63) is 18.0 Å². The number of rotatable bonds is 4. The van der Waals surface area contributed by atoms with Gasteiger partial charge in [-0.1, -0.05) is 0 Å². The van der Waals surface area contributed by atoms with E-state index in [9.17, 15) is 0 Å². The van der Waals surface area contributed by atoms with Crippen LogP contribution in [0.1, 0.15) is 18.5 Å². The van der Waals surface area contributed by atoms with Crippen molar-refractivity contribution >= 4 is 0 Å². The zero-order valence-electron chi connectivity index (χ0n) is 10.6. The van der Waals surface area contributed by atoms with Crippen LogP contribution in [0.3, 0.4) is 0 Å². The molecule has 1 aromatic heterocycles. The van der Waals surface area contributed by atoms with E-state index in [0.717, 1.165) is 38.2 Å². The SMILES string of the molecule is COC1(C(N)Cc2ccn(C)n2)CCOCC1. The molecule has 0 spiro atoms. The molecule has 0 bridgehead atoms. The summed E-state index contributed by atoms with van der Waals surface area (Å²) in [6, 6.07) is 1.97. The van der Waals surface area contributed by atoms with E-state index in [1.807, 2.05) is 19.3 Å². The highest BCUT2D eigenvalue weighted by molar-refractivity contribution is 5.05. The van der Waals surface area contributed by atoms with Gasteiger partial charge in [0, 0.05) is 58.9 Å². The molecule has 0 amide bonds. The maximum absolute atomic E-state index is 6.31. The molecule has 2 heterocycles. The summed E-state index contributed by atoms with van der Waals surface area (Å²) in [5.74, 6) is 0. The summed E-state index contributed by atoms with van der Waals surface area (Å²) in [7, 11) is 3.65. The third-order valence-electron chi connectivity index (χ3n) is 3.62. The maximum Gasteiger partial charge on any atom is 0.0876 e. The Morgan fingerprint density at radius 2 is 2.29 bits per heavy atom. The van der Waals surface area contributed by atoms with Gasteiger partial charge in [-0.2, -0.15) is 5.10 Å². The van der Waals surface area contributed by atoms with Gasteiger partial charge in [-0.25, -0.2) is 0 Å². The zero-order chi connectivity index (χ0) is 12.3. The van der Waals surface area contributed by atoms with Gasteiger partial charge >= 0.3 is 0 Å². The van der Waals surface area contributed by atoms with Crippen molar-refractivity contribution < 1.29 is 9.47 Å². The van der Waals surface area contributed by atoms with Crippen molar-refractivity contribution in [3.8, 4) is 0 Å². The first-order chi connectivity index (χ1) is 8.16. The Balaban J connectivity index is 2.04. The fourth-order valence-corrected chi connectivity index (χ4v) is 2.43. The highest BCUT2D eigenvalue weighted by Gasteiger charge is 2.38. The van der Waals surface area contributed by atoms with Crippen LogP contribution in [0.2, 0.25) is 0 Å². The molecule has 0 radical (unpaired) electrons. The number of hydrogen-bond acceptors (Lipinski definition) is 4. The Morgan fingerprint density at radius 1 is 1.59 bits per heavy atom. The van der Waals surface area contributed by atoms with E-state index in [2.05, 4.69) is 5.10 Å². The Labute approximate surface area is 102 Å². The van der Waals surface area contributed by atoms with Crippen molar-refractivity contribution in [1.82, 2.24) is 9.78 Å². The Hall–Kier alpha value is -0.910. The Bertz CT molecular complexity index is 358. The average molecular weight is 239 g/mol. The fourth-order valence-electron chi connectivity index (χ4n) is 2.43. The summed E-state index contributed by atoms with van der Waals surface area (Å²) < 4.78 is 12.9. The average Bonchev–Trinajstić information content (AvgIpc) is 2.75. The predicted molar refractivity (Wildman–Crippen MR) is 64.7 cm³/mol. The predicted octanol–water partition coefficient (Wildman–Crippen LogP) is 0.485. The highest BCUT2D eigenvalue weighted by atomic mass is 16.5. The minimum atomic E-state index is -0.254. The number of aromatic nitrogens is 2. The maximum atomic E-state index is 6.31. The molecule has 1 atom stereocenters. The van der Waals surface area contributed by atoms with Crippen LogP contribution in [0, 0.1) is 0 Å². The summed E-state index contributed by atoms with van der Waals surface area (Å²) >= 11 is 0. The van der Waals surface area contributed by atoms with Crippen LogP contribution in [0.15, 0.2) is 12.3 Å². The number of aryl methyl sites for hydroxylation is 1. The standard InChI is InChI=1S/C12H21N3O2/c1-15-6-3-10(14-15)9-11(13)12(16-2)4-7-17-8-5-12/h3,6,11H,4-5,7-9,13H2,1-2H3. The van der Waals surface area contributed by atoms with E-state index in [4.69, 9.17) is 15.2 Å². The van der Waals surface area contributed by atoms with Crippen LogP contribution < -0.4 is 5.73 Å². The molecule has 1 aromatic rings. The number of hydrogen-bond donors (Lipinski definition) is 1. The normalized spacial score (nSPS) is 21.4. The Kier molecular flexibility index (Phi) is 3.81. The molecule has 0 aliphatic carbocycles. The lowest BCUT2D eigenvalue weighted by Crippen LogP contribution is -2.54. The largest absolute Gasteiger partial charge is 0.381 e. The van der Waals surface area contributed by atoms with E-state index in [0.29, 0.717) is 0 Å². The lowest BCUT2D eigenvalue weighted by Gasteiger charge is -2.40. The molecule has 1 fully saturated rings. The quantitative estimate of drug-likeness (QED) is 0.830. The van der Waals surface area contributed by atoms with Gasteiger partial charge in [0.25, 0.3) is 0 Å². The monoisotopic (exact) mass is 239 g/mol. The molecule has 2 rings (SSSR count). The van der Waals surface area contributed by atoms with Gasteiger partial charge < -0.3 is 15.2 Å². The lowest BCUT2D eigenvalue weighted by molar-refractivity contribution is -0.103. The number of ether oxygens (including phenoxy) is 2. The second-order valence-electron chi connectivity index (χ2n) is 4.67. The van der Waals surface area contributed by atoms with Crippen LogP contribution in [-0.4, -0.2) is 41.7 Å². The molecule has 5 heteroatoms. The number of methoxy groups -OCH3 is 1. The Morgan fingerprint density at radius 3 is 2.82 bits per heavy atom. The molecule has 0 saturated carbocycles. The van der Waals surface area contributed by atoms with Gasteiger partial charge in [0.2, 0.25) is 0 Å². The molecular weight excluding hydrogens is 218 g/mol. The van der Waals surface area contributed by atoms with Gasteiger partial charge in [0.1, 0.15) is 0 Å². The van der Waals surface area contributed by atoms with E-state index >= 15 is 0 Å². The molecule has 1 saturated heterocycles. The van der Waals surface area contributed by atoms with Crippen LogP contribution in [0.5, 0.6) is 0 Å². The van der Waals surface area contributed by atoms with E-state index < -0.39 is 0 Å². The first-order valence-electron chi connectivity index (χ1n) is 6.03. The summed E-state index contributed by atoms with van der Waals surface area (Å²) in [4.78, 5) is 0. The summed E-state index contributed by atoms with van der Waals surface area (Å²) in [5, 5.41) is 4.36. The van der Waals surface area contributed by atoms with Crippen molar-refractivity contribution in [2.45, 2.75) is 30.9 Å². The minimum Gasteiger partial charge on any atom is -0.381 e. The van der Waals surface area contributed by atoms with Gasteiger partial charge in [0.15, 0.2) is 0 Å². The molecule has 1 aliphatic heterocycles. The number of nitrogens with two attached hydrogens (primary N) is 1. The van der Waals surface area contributed by atoms with Crippen molar-refractivity contribution in [2.24, 2.45) is 12.8 Å². The lowest BCUT2D eigenvalue weighted by atomic mass is 9.84. The first kappa shape index (κ1) is 12.5. The van der Waals surface area contributed by atoms with Gasteiger partial charge in [-0.15, -0.1) is 0 Å². The third kappa shape index (κ3) is 2.68. The second kappa shape index (κ2) is 5.16. The first-order valence-corrected chi connectivity index (χ1v) is 6.03. The topological polar surface area (TPSA) is 62.3 Å². The highest BCUT2D eigenvalue weighted by Crippen LogP contribution is 2.28. The third-order valence-corrected chi connectivity index (χ3v) is 3.62. The van der Waals surface area contributed by atoms with Crippen LogP contribution in [0.4, 0.5) is 0 Å². The van der Waals surface area contributed by atoms with E-state index in [1.165, 1.54) is 0 Å². The van der Waals surface area contributed by atoms with Crippen LogP contribution in [-0.2, 0) is 22.9 Å². The molecule has 5 nitrogen and oxygen atoms in total. The molecule has 2 N–H and O–H groups in total. The molecule has 17 heavy (non-hydrogen) atoms. The van der Waals surface area contributed by atoms with Crippen molar-refractivity contribution in [2.75, 3.05) is 20.3 Å². The van der Waals surface area contributed by atoms with Crippen molar-refractivity contribution in [3.63, 3.8) is 0 Å². The van der Waals surface area contributed by atoms with Gasteiger partial charge in [-0.3, -0.25) is 4.68 Å². The second-order valence-corrected chi connectivity index (χ2v) is 4.67. The van der Waals surface area contributed by atoms with E-state index in [-0.39, 0.29) is 11.6 Å². The molecule has 1 unspecified atom stereocenters. The minimum absolute atomic E-state index is 0.0358. The fraction of sp³-hybridized carbons (Fsp3) is 0.750. The summed E-state index contributed by atoms with van der Waals surface area (Å²) in [6.45, 7) is 1.45. The van der Waals surface area contributed by atoms with E-state index in [1.54, 1.807) is 11.8 Å². The molecule has 1 aliphatic rings. The van der Waals surface area contributed by atoms with Crippen LogP contribution >= 0.6 is 0 Å². The number of nitrogens with zero attached hydrogens (tertiary/aromatic N) is 2. The van der Waals surface area contributed by atoms with Gasteiger partial charge in [0.05, 0.1) is 11.3 Å². The molecule has 96 valence electrons. The zero-order valence-corrected chi connectivity index (χ0v) is 10.6. The molecule has 0 aromatic carbocycles. The smallest absolute Gasteiger partial charge is 0.0876 e.